The first-order valence-electron chi connectivity index (χ1n) is 4.96. The Bertz CT molecular complexity index is 344. The van der Waals surface area contributed by atoms with Gasteiger partial charge in [-0.2, -0.15) is 0 Å². The topological polar surface area (TPSA) is 46.5 Å². The van der Waals surface area contributed by atoms with Crippen molar-refractivity contribution in [2.24, 2.45) is 0 Å². The van der Waals surface area contributed by atoms with Crippen molar-refractivity contribution in [2.75, 3.05) is 0 Å². The number of fused-ring (bicyclic) bond motifs is 1. The lowest BCUT2D eigenvalue weighted by Gasteiger charge is -2.31. The minimum Gasteiger partial charge on any atom is -0.382 e. The molecule has 0 spiro atoms. The number of hydrogen-bond donors (Lipinski definition) is 1. The minimum absolute atomic E-state index is 0.0583. The monoisotopic (exact) mass is 196 g/mol. The maximum atomic E-state index is 11.9. The summed E-state index contributed by atoms with van der Waals surface area (Å²) in [5, 5.41) is 10.5. The van der Waals surface area contributed by atoms with E-state index in [4.69, 9.17) is 4.74 Å². The molecule has 0 aromatic rings. The van der Waals surface area contributed by atoms with Crippen molar-refractivity contribution < 1.29 is 14.6 Å². The lowest BCUT2D eigenvalue weighted by molar-refractivity contribution is -0.147. The maximum absolute atomic E-state index is 11.9. The predicted octanol–water partition coefficient (Wildman–Crippen LogP) is 1.20. The summed E-state index contributed by atoms with van der Waals surface area (Å²) in [6.07, 6.45) is 0.454. The summed E-state index contributed by atoms with van der Waals surface area (Å²) in [4.78, 5) is 11.9. The maximum Gasteiger partial charge on any atom is 0.193 e. The van der Waals surface area contributed by atoms with Gasteiger partial charge in [-0.15, -0.1) is 0 Å². The van der Waals surface area contributed by atoms with Gasteiger partial charge < -0.3 is 9.84 Å². The van der Waals surface area contributed by atoms with Gasteiger partial charge in [0, 0.05) is 6.42 Å². The predicted molar refractivity (Wildman–Crippen MR) is 51.9 cm³/mol. The third-order valence-electron chi connectivity index (χ3n) is 3.77. The number of rotatable bonds is 0. The van der Waals surface area contributed by atoms with Crippen molar-refractivity contribution in [3.05, 3.63) is 11.1 Å². The largest absolute Gasteiger partial charge is 0.382 e. The molecule has 0 bridgehead atoms. The van der Waals surface area contributed by atoms with Crippen LogP contribution in [0.1, 0.15) is 34.1 Å². The number of carbonyl (C=O) groups excluding carboxylic acids is 1. The van der Waals surface area contributed by atoms with Crippen molar-refractivity contribution in [1.29, 1.82) is 0 Å². The first-order valence-corrected chi connectivity index (χ1v) is 4.96. The average molecular weight is 196 g/mol. The number of ketones is 1. The summed E-state index contributed by atoms with van der Waals surface area (Å²) in [7, 11) is 0. The van der Waals surface area contributed by atoms with Gasteiger partial charge in [-0.25, -0.2) is 0 Å². The highest BCUT2D eigenvalue weighted by Crippen LogP contribution is 2.51. The van der Waals surface area contributed by atoms with E-state index >= 15 is 0 Å². The summed E-state index contributed by atoms with van der Waals surface area (Å²) in [6.45, 7) is 7.16. The molecular formula is C11H16O3. The van der Waals surface area contributed by atoms with Crippen LogP contribution in [0, 0.1) is 0 Å². The van der Waals surface area contributed by atoms with Crippen molar-refractivity contribution >= 4 is 5.78 Å². The van der Waals surface area contributed by atoms with E-state index < -0.39 is 11.2 Å². The zero-order valence-corrected chi connectivity index (χ0v) is 9.05. The van der Waals surface area contributed by atoms with Crippen LogP contribution in [0.3, 0.4) is 0 Å². The zero-order valence-electron chi connectivity index (χ0n) is 9.05. The zero-order chi connectivity index (χ0) is 10.7. The molecule has 1 aliphatic carbocycles. The Balaban J connectivity index is 2.57. The van der Waals surface area contributed by atoms with Gasteiger partial charge in [-0.05, 0) is 38.8 Å². The summed E-state index contributed by atoms with van der Waals surface area (Å²) in [6, 6.07) is 0. The third-order valence-corrected chi connectivity index (χ3v) is 3.77. The second-order valence-electron chi connectivity index (χ2n) is 4.61. The first-order chi connectivity index (χ1) is 6.33. The Kier molecular flexibility index (Phi) is 1.74. The molecule has 2 aliphatic rings. The molecule has 2 rings (SSSR count). The molecule has 0 amide bonds. The minimum atomic E-state index is -1.08. The molecule has 78 valence electrons. The van der Waals surface area contributed by atoms with E-state index in [0.717, 1.165) is 5.57 Å². The number of ether oxygens (including phenoxy) is 1. The molecule has 1 fully saturated rings. The number of carbonyl (C=O) groups is 1. The molecule has 1 aliphatic heterocycles. The molecular weight excluding hydrogens is 180 g/mol. The van der Waals surface area contributed by atoms with Crippen LogP contribution < -0.4 is 0 Å². The van der Waals surface area contributed by atoms with Gasteiger partial charge in [0.05, 0.1) is 6.10 Å². The van der Waals surface area contributed by atoms with E-state index in [0.29, 0.717) is 12.0 Å². The molecule has 1 heterocycles. The summed E-state index contributed by atoms with van der Waals surface area (Å²) >= 11 is 0. The summed E-state index contributed by atoms with van der Waals surface area (Å²) in [5.74, 6) is -0.0677. The molecule has 3 nitrogen and oxygen atoms in total. The van der Waals surface area contributed by atoms with Crippen LogP contribution in [0.2, 0.25) is 0 Å². The molecule has 1 N–H and O–H groups in total. The van der Waals surface area contributed by atoms with Crippen molar-refractivity contribution in [3.8, 4) is 0 Å². The SMILES string of the molecule is CC1=C(C)[C@@]2(O)CC(C)O[C@@]2(C)C1=O. The van der Waals surface area contributed by atoms with Gasteiger partial charge in [-0.1, -0.05) is 0 Å². The molecule has 0 radical (unpaired) electrons. The molecule has 14 heavy (non-hydrogen) atoms. The fourth-order valence-electron chi connectivity index (χ4n) is 2.74. The van der Waals surface area contributed by atoms with Crippen LogP contribution in [0.25, 0.3) is 0 Å². The number of aliphatic hydroxyl groups is 1. The Labute approximate surface area is 83.8 Å². The molecule has 3 atom stereocenters. The molecule has 3 heteroatoms. The van der Waals surface area contributed by atoms with E-state index in [1.165, 1.54) is 0 Å². The van der Waals surface area contributed by atoms with Crippen LogP contribution >= 0.6 is 0 Å². The molecule has 0 aromatic carbocycles. The molecule has 1 unspecified atom stereocenters. The Hall–Kier alpha value is -0.670. The van der Waals surface area contributed by atoms with Crippen molar-refractivity contribution in [3.63, 3.8) is 0 Å². The lowest BCUT2D eigenvalue weighted by Crippen LogP contribution is -2.50. The fraction of sp³-hybridized carbons (Fsp3) is 0.727. The lowest BCUT2D eigenvalue weighted by atomic mass is 9.82. The second-order valence-corrected chi connectivity index (χ2v) is 4.61. The van der Waals surface area contributed by atoms with Crippen LogP contribution in [0.4, 0.5) is 0 Å². The third kappa shape index (κ3) is 0.823. The van der Waals surface area contributed by atoms with Gasteiger partial charge in [0.2, 0.25) is 0 Å². The molecule has 0 saturated carbocycles. The average Bonchev–Trinajstić information content (AvgIpc) is 2.40. The fourth-order valence-corrected chi connectivity index (χ4v) is 2.74. The normalized spacial score (nSPS) is 47.5. The van der Waals surface area contributed by atoms with Crippen LogP contribution in [-0.4, -0.2) is 28.2 Å². The number of Topliss-reactive ketones (excluding diaryl/α,β-unsaturated/α-hetero) is 1. The van der Waals surface area contributed by atoms with E-state index in [2.05, 4.69) is 0 Å². The Morgan fingerprint density at radius 1 is 1.50 bits per heavy atom. The summed E-state index contributed by atoms with van der Waals surface area (Å²) in [5.41, 5.74) is -0.690. The quantitative estimate of drug-likeness (QED) is 0.633. The highest BCUT2D eigenvalue weighted by atomic mass is 16.5. The first kappa shape index (κ1) is 9.87. The summed E-state index contributed by atoms with van der Waals surface area (Å²) < 4.78 is 5.59. The van der Waals surface area contributed by atoms with Gasteiger partial charge >= 0.3 is 0 Å². The van der Waals surface area contributed by atoms with E-state index in [-0.39, 0.29) is 11.9 Å². The van der Waals surface area contributed by atoms with E-state index in [1.807, 2.05) is 13.8 Å². The smallest absolute Gasteiger partial charge is 0.193 e. The Morgan fingerprint density at radius 3 is 2.57 bits per heavy atom. The van der Waals surface area contributed by atoms with E-state index in [1.54, 1.807) is 13.8 Å². The molecule has 1 saturated heterocycles. The van der Waals surface area contributed by atoms with Gasteiger partial charge in [0.15, 0.2) is 11.4 Å². The van der Waals surface area contributed by atoms with Gasteiger partial charge in [0.1, 0.15) is 5.60 Å². The standard InChI is InChI=1S/C11H16O3/c1-6-5-11(13)8(3)7(2)9(12)10(11,4)14-6/h6,13H,5H2,1-4H3/t6?,10-,11-/m0/s1. The van der Waals surface area contributed by atoms with Crippen molar-refractivity contribution in [2.45, 2.75) is 51.4 Å². The van der Waals surface area contributed by atoms with Crippen LogP contribution in [0.5, 0.6) is 0 Å². The van der Waals surface area contributed by atoms with Gasteiger partial charge in [-0.3, -0.25) is 4.79 Å². The van der Waals surface area contributed by atoms with E-state index in [9.17, 15) is 9.90 Å². The van der Waals surface area contributed by atoms with Gasteiger partial charge in [0.25, 0.3) is 0 Å². The second kappa shape index (κ2) is 2.47. The van der Waals surface area contributed by atoms with Crippen LogP contribution in [0.15, 0.2) is 11.1 Å². The Morgan fingerprint density at radius 2 is 2.07 bits per heavy atom. The number of hydrogen-bond acceptors (Lipinski definition) is 3. The van der Waals surface area contributed by atoms with Crippen LogP contribution in [-0.2, 0) is 9.53 Å². The van der Waals surface area contributed by atoms with Crippen molar-refractivity contribution in [1.82, 2.24) is 0 Å². The highest BCUT2D eigenvalue weighted by molar-refractivity contribution is 6.07. The highest BCUT2D eigenvalue weighted by Gasteiger charge is 2.64. The molecule has 0 aromatic heterocycles.